The molecule has 0 radical (unpaired) electrons. The molecule has 0 aliphatic carbocycles. The first-order valence-electron chi connectivity index (χ1n) is 7.20. The number of hydrogen-bond donors (Lipinski definition) is 1. The van der Waals surface area contributed by atoms with Crippen molar-refractivity contribution < 1.29 is 4.74 Å². The van der Waals surface area contributed by atoms with Gasteiger partial charge in [-0.25, -0.2) is 0 Å². The summed E-state index contributed by atoms with van der Waals surface area (Å²) in [7, 11) is 1.73. The normalized spacial score (nSPS) is 12.2. The van der Waals surface area contributed by atoms with Crippen LogP contribution < -0.4 is 10.1 Å². The number of ether oxygens (including phenoxy) is 1. The summed E-state index contributed by atoms with van der Waals surface area (Å²) in [6, 6.07) is 13.0. The lowest BCUT2D eigenvalue weighted by Crippen LogP contribution is -2.22. The summed E-state index contributed by atoms with van der Waals surface area (Å²) in [5.74, 6) is 0.919. The number of aryl methyl sites for hydroxylation is 2. The predicted molar refractivity (Wildman–Crippen MR) is 92.1 cm³/mol. The summed E-state index contributed by atoms with van der Waals surface area (Å²) in [5.41, 5.74) is 4.85. The molecule has 21 heavy (non-hydrogen) atoms. The Morgan fingerprint density at radius 2 is 1.81 bits per heavy atom. The molecule has 0 bridgehead atoms. The van der Waals surface area contributed by atoms with Crippen molar-refractivity contribution in [2.24, 2.45) is 0 Å². The summed E-state index contributed by atoms with van der Waals surface area (Å²) in [6.45, 7) is 7.20. The van der Waals surface area contributed by atoms with Crippen molar-refractivity contribution in [3.8, 4) is 5.75 Å². The highest BCUT2D eigenvalue weighted by Crippen LogP contribution is 2.34. The van der Waals surface area contributed by atoms with Crippen LogP contribution in [0.3, 0.4) is 0 Å². The van der Waals surface area contributed by atoms with Gasteiger partial charge in [0, 0.05) is 10.0 Å². The third-order valence-corrected chi connectivity index (χ3v) is 4.50. The van der Waals surface area contributed by atoms with Gasteiger partial charge in [-0.1, -0.05) is 52.7 Å². The van der Waals surface area contributed by atoms with Crippen molar-refractivity contribution in [2.75, 3.05) is 13.7 Å². The molecule has 1 unspecified atom stereocenters. The van der Waals surface area contributed by atoms with Crippen molar-refractivity contribution in [1.82, 2.24) is 5.32 Å². The minimum atomic E-state index is 0.127. The second-order valence-corrected chi connectivity index (χ2v) is 6.10. The summed E-state index contributed by atoms with van der Waals surface area (Å²) in [5, 5.41) is 3.56. The Bertz CT molecular complexity index is 607. The number of benzene rings is 2. The van der Waals surface area contributed by atoms with E-state index in [0.29, 0.717) is 0 Å². The Morgan fingerprint density at radius 3 is 2.38 bits per heavy atom. The highest BCUT2D eigenvalue weighted by molar-refractivity contribution is 9.10. The molecule has 0 aliphatic heterocycles. The summed E-state index contributed by atoms with van der Waals surface area (Å²) in [6.07, 6.45) is 0. The zero-order valence-electron chi connectivity index (χ0n) is 13.0. The van der Waals surface area contributed by atoms with Crippen molar-refractivity contribution in [1.29, 1.82) is 0 Å². The monoisotopic (exact) mass is 347 g/mol. The van der Waals surface area contributed by atoms with Crippen molar-refractivity contribution >= 4 is 15.9 Å². The highest BCUT2D eigenvalue weighted by atomic mass is 79.9. The zero-order valence-corrected chi connectivity index (χ0v) is 14.6. The molecular weight excluding hydrogens is 326 g/mol. The fourth-order valence-corrected chi connectivity index (χ4v) is 2.80. The lowest BCUT2D eigenvalue weighted by molar-refractivity contribution is 0.404. The maximum absolute atomic E-state index is 5.59. The standard InChI is InChI=1S/C18H22BrNO/c1-5-20-18(14-8-6-12(2)7-9-14)15-11-16(19)13(3)10-17(15)21-4/h6-11,18,20H,5H2,1-4H3. The van der Waals surface area contributed by atoms with E-state index in [-0.39, 0.29) is 6.04 Å². The zero-order chi connectivity index (χ0) is 15.4. The predicted octanol–water partition coefficient (Wildman–Crippen LogP) is 4.77. The van der Waals surface area contributed by atoms with Gasteiger partial charge in [-0.15, -0.1) is 0 Å². The van der Waals surface area contributed by atoms with Crippen LogP contribution in [0.1, 0.15) is 35.2 Å². The molecule has 0 fully saturated rings. The van der Waals surface area contributed by atoms with Gasteiger partial charge in [0.05, 0.1) is 13.2 Å². The van der Waals surface area contributed by atoms with Crippen LogP contribution in [0.2, 0.25) is 0 Å². The van der Waals surface area contributed by atoms with Gasteiger partial charge < -0.3 is 10.1 Å². The molecule has 2 aromatic carbocycles. The lowest BCUT2D eigenvalue weighted by Gasteiger charge is -2.22. The minimum Gasteiger partial charge on any atom is -0.496 e. The molecule has 0 heterocycles. The third-order valence-electron chi connectivity index (χ3n) is 3.64. The van der Waals surface area contributed by atoms with Gasteiger partial charge in [-0.3, -0.25) is 0 Å². The summed E-state index contributed by atoms with van der Waals surface area (Å²) >= 11 is 3.63. The summed E-state index contributed by atoms with van der Waals surface area (Å²) in [4.78, 5) is 0. The maximum Gasteiger partial charge on any atom is 0.124 e. The molecule has 1 N–H and O–H groups in total. The molecule has 1 atom stereocenters. The Morgan fingerprint density at radius 1 is 1.14 bits per heavy atom. The topological polar surface area (TPSA) is 21.3 Å². The molecule has 0 aliphatic rings. The van der Waals surface area contributed by atoms with E-state index >= 15 is 0 Å². The van der Waals surface area contributed by atoms with E-state index in [1.165, 1.54) is 16.7 Å². The van der Waals surface area contributed by atoms with Gasteiger partial charge in [0.2, 0.25) is 0 Å². The fraction of sp³-hybridized carbons (Fsp3) is 0.333. The molecule has 0 aromatic heterocycles. The molecule has 0 spiro atoms. The highest BCUT2D eigenvalue weighted by Gasteiger charge is 2.18. The molecule has 0 amide bonds. The average molecular weight is 348 g/mol. The Hall–Kier alpha value is -1.32. The van der Waals surface area contributed by atoms with Crippen LogP contribution >= 0.6 is 15.9 Å². The first-order valence-corrected chi connectivity index (χ1v) is 8.00. The molecule has 112 valence electrons. The van der Waals surface area contributed by atoms with Crippen molar-refractivity contribution in [3.63, 3.8) is 0 Å². The molecule has 2 nitrogen and oxygen atoms in total. The lowest BCUT2D eigenvalue weighted by atomic mass is 9.96. The number of rotatable bonds is 5. The van der Waals surface area contributed by atoms with Crippen LogP contribution in [0.4, 0.5) is 0 Å². The quantitative estimate of drug-likeness (QED) is 0.840. The van der Waals surface area contributed by atoms with E-state index in [4.69, 9.17) is 4.74 Å². The summed E-state index contributed by atoms with van der Waals surface area (Å²) < 4.78 is 6.70. The molecule has 0 saturated carbocycles. The smallest absolute Gasteiger partial charge is 0.124 e. The number of halogens is 1. The van der Waals surface area contributed by atoms with Crippen molar-refractivity contribution in [2.45, 2.75) is 26.8 Å². The first kappa shape index (κ1) is 16.1. The molecule has 0 saturated heterocycles. The third kappa shape index (κ3) is 3.66. The molecule has 2 aromatic rings. The van der Waals surface area contributed by atoms with Gasteiger partial charge in [-0.05, 0) is 43.7 Å². The van der Waals surface area contributed by atoms with Gasteiger partial charge >= 0.3 is 0 Å². The molecule has 2 rings (SSSR count). The van der Waals surface area contributed by atoms with E-state index in [9.17, 15) is 0 Å². The Balaban J connectivity index is 2.51. The van der Waals surface area contributed by atoms with E-state index in [2.05, 4.69) is 78.4 Å². The van der Waals surface area contributed by atoms with Crippen LogP contribution in [-0.4, -0.2) is 13.7 Å². The second-order valence-electron chi connectivity index (χ2n) is 5.24. The van der Waals surface area contributed by atoms with Crippen LogP contribution in [0.5, 0.6) is 5.75 Å². The number of hydrogen-bond acceptors (Lipinski definition) is 2. The number of methoxy groups -OCH3 is 1. The average Bonchev–Trinajstić information content (AvgIpc) is 2.48. The number of nitrogens with one attached hydrogen (secondary N) is 1. The van der Waals surface area contributed by atoms with Crippen molar-refractivity contribution in [3.05, 3.63) is 63.1 Å². The molecule has 3 heteroatoms. The van der Waals surface area contributed by atoms with Crippen LogP contribution in [0.25, 0.3) is 0 Å². The first-order chi connectivity index (χ1) is 10.1. The van der Waals surface area contributed by atoms with Crippen LogP contribution in [0, 0.1) is 13.8 Å². The minimum absolute atomic E-state index is 0.127. The van der Waals surface area contributed by atoms with Crippen LogP contribution in [0.15, 0.2) is 40.9 Å². The second kappa shape index (κ2) is 7.10. The maximum atomic E-state index is 5.59. The SMILES string of the molecule is CCNC(c1ccc(C)cc1)c1cc(Br)c(C)cc1OC. The van der Waals surface area contributed by atoms with E-state index in [1.807, 2.05) is 0 Å². The van der Waals surface area contributed by atoms with Gasteiger partial charge in [-0.2, -0.15) is 0 Å². The van der Waals surface area contributed by atoms with Gasteiger partial charge in [0.1, 0.15) is 5.75 Å². The fourth-order valence-electron chi connectivity index (χ4n) is 2.44. The Labute approximate surface area is 135 Å². The van der Waals surface area contributed by atoms with E-state index in [1.54, 1.807) is 7.11 Å². The van der Waals surface area contributed by atoms with Crippen LogP contribution in [-0.2, 0) is 0 Å². The van der Waals surface area contributed by atoms with Gasteiger partial charge in [0.15, 0.2) is 0 Å². The Kier molecular flexibility index (Phi) is 5.43. The van der Waals surface area contributed by atoms with Gasteiger partial charge in [0.25, 0.3) is 0 Å². The van der Waals surface area contributed by atoms with E-state index < -0.39 is 0 Å². The largest absolute Gasteiger partial charge is 0.496 e. The molecular formula is C18H22BrNO. The van der Waals surface area contributed by atoms with E-state index in [0.717, 1.165) is 22.3 Å².